The van der Waals surface area contributed by atoms with Crippen molar-refractivity contribution in [2.75, 3.05) is 36.2 Å². The molecule has 2 heterocycles. The van der Waals surface area contributed by atoms with E-state index in [0.29, 0.717) is 44.7 Å². The van der Waals surface area contributed by atoms with Crippen LogP contribution in [0.1, 0.15) is 12.0 Å². The molecule has 0 radical (unpaired) electrons. The number of nitrogens with one attached hydrogen (secondary N) is 3. The van der Waals surface area contributed by atoms with Crippen LogP contribution in [0.5, 0.6) is 0 Å². The molecular formula is C13H18N4O3S. The van der Waals surface area contributed by atoms with Crippen LogP contribution in [-0.4, -0.2) is 44.8 Å². The van der Waals surface area contributed by atoms with Crippen LogP contribution >= 0.6 is 0 Å². The summed E-state index contributed by atoms with van der Waals surface area (Å²) in [5.41, 5.74) is 2.25. The van der Waals surface area contributed by atoms with Crippen LogP contribution in [-0.2, 0) is 21.4 Å². The highest BCUT2D eigenvalue weighted by molar-refractivity contribution is 7.90. The second-order valence-electron chi connectivity index (χ2n) is 5.18. The van der Waals surface area contributed by atoms with Gasteiger partial charge in [0.2, 0.25) is 5.91 Å². The van der Waals surface area contributed by atoms with Gasteiger partial charge in [-0.3, -0.25) is 9.52 Å². The van der Waals surface area contributed by atoms with Crippen LogP contribution in [0.15, 0.2) is 18.2 Å². The van der Waals surface area contributed by atoms with Gasteiger partial charge in [-0.1, -0.05) is 0 Å². The van der Waals surface area contributed by atoms with Gasteiger partial charge in [0, 0.05) is 38.3 Å². The van der Waals surface area contributed by atoms with Gasteiger partial charge in [0.25, 0.3) is 0 Å². The van der Waals surface area contributed by atoms with E-state index in [1.54, 1.807) is 18.2 Å². The number of hydrogen-bond acceptors (Lipinski definition) is 4. The zero-order valence-corrected chi connectivity index (χ0v) is 12.4. The van der Waals surface area contributed by atoms with Gasteiger partial charge < -0.3 is 10.6 Å². The first-order chi connectivity index (χ1) is 10.0. The zero-order valence-electron chi connectivity index (χ0n) is 11.6. The summed E-state index contributed by atoms with van der Waals surface area (Å²) < 4.78 is 28.6. The minimum Gasteiger partial charge on any atom is -0.326 e. The molecule has 1 aromatic carbocycles. The average molecular weight is 310 g/mol. The number of anilines is 2. The normalized spacial score (nSPS) is 19.7. The van der Waals surface area contributed by atoms with E-state index in [1.807, 2.05) is 0 Å². The van der Waals surface area contributed by atoms with Crippen molar-refractivity contribution >= 4 is 27.5 Å². The van der Waals surface area contributed by atoms with E-state index in [2.05, 4.69) is 15.4 Å². The Morgan fingerprint density at radius 2 is 1.90 bits per heavy atom. The third-order valence-corrected chi connectivity index (χ3v) is 5.20. The lowest BCUT2D eigenvalue weighted by Gasteiger charge is -2.27. The second-order valence-corrected chi connectivity index (χ2v) is 6.85. The molecule has 1 aromatic rings. The number of piperazine rings is 1. The highest BCUT2D eigenvalue weighted by atomic mass is 32.2. The molecule has 0 saturated carbocycles. The number of fused-ring (bicyclic) bond motifs is 1. The van der Waals surface area contributed by atoms with Gasteiger partial charge in [0.05, 0.1) is 5.69 Å². The van der Waals surface area contributed by atoms with Crippen LogP contribution < -0.4 is 15.4 Å². The fraction of sp³-hybridized carbons (Fsp3) is 0.462. The van der Waals surface area contributed by atoms with Crippen molar-refractivity contribution in [3.8, 4) is 0 Å². The van der Waals surface area contributed by atoms with Gasteiger partial charge >= 0.3 is 10.2 Å². The van der Waals surface area contributed by atoms with Crippen LogP contribution in [0.3, 0.4) is 0 Å². The Morgan fingerprint density at radius 3 is 2.67 bits per heavy atom. The number of rotatable bonds is 3. The molecule has 7 nitrogen and oxygen atoms in total. The monoisotopic (exact) mass is 310 g/mol. The third kappa shape index (κ3) is 3.17. The number of nitrogens with zero attached hydrogens (tertiary/aromatic N) is 1. The van der Waals surface area contributed by atoms with E-state index >= 15 is 0 Å². The van der Waals surface area contributed by atoms with Gasteiger partial charge in [-0.25, -0.2) is 0 Å². The van der Waals surface area contributed by atoms with Crippen molar-refractivity contribution in [2.24, 2.45) is 0 Å². The molecule has 1 fully saturated rings. The van der Waals surface area contributed by atoms with Gasteiger partial charge in [0.1, 0.15) is 0 Å². The minimum absolute atomic E-state index is 0.00310. The summed E-state index contributed by atoms with van der Waals surface area (Å²) in [7, 11) is -3.52. The molecule has 0 bridgehead atoms. The van der Waals surface area contributed by atoms with Gasteiger partial charge in [-0.05, 0) is 30.2 Å². The van der Waals surface area contributed by atoms with Gasteiger partial charge in [-0.2, -0.15) is 12.7 Å². The molecule has 114 valence electrons. The Morgan fingerprint density at radius 1 is 1.14 bits per heavy atom. The molecule has 0 unspecified atom stereocenters. The van der Waals surface area contributed by atoms with Crippen molar-refractivity contribution < 1.29 is 13.2 Å². The lowest BCUT2D eigenvalue weighted by molar-refractivity contribution is -0.116. The largest absolute Gasteiger partial charge is 0.326 e. The molecule has 3 rings (SSSR count). The van der Waals surface area contributed by atoms with E-state index < -0.39 is 10.2 Å². The fourth-order valence-corrected chi connectivity index (χ4v) is 3.76. The molecule has 1 amide bonds. The Balaban J connectivity index is 1.77. The summed E-state index contributed by atoms with van der Waals surface area (Å²) in [6.45, 7) is 2.26. The average Bonchev–Trinajstić information content (AvgIpc) is 2.48. The van der Waals surface area contributed by atoms with Crippen molar-refractivity contribution in [1.82, 2.24) is 9.62 Å². The standard InChI is InChI=1S/C13H18N4O3S/c18-13-4-1-10-9-11(2-3-12(10)15-13)16-21(19,20)17-7-5-14-6-8-17/h2-3,9,14,16H,1,4-8H2,(H,15,18). The van der Waals surface area contributed by atoms with Gasteiger partial charge in [0.15, 0.2) is 0 Å². The van der Waals surface area contributed by atoms with Crippen molar-refractivity contribution in [3.63, 3.8) is 0 Å². The SMILES string of the molecule is O=C1CCc2cc(NS(=O)(=O)N3CCNCC3)ccc2N1. The van der Waals surface area contributed by atoms with E-state index in [4.69, 9.17) is 0 Å². The molecule has 0 aromatic heterocycles. The Kier molecular flexibility index (Phi) is 3.83. The first kappa shape index (κ1) is 14.3. The first-order valence-corrected chi connectivity index (χ1v) is 8.40. The lowest BCUT2D eigenvalue weighted by Crippen LogP contribution is -2.48. The summed E-state index contributed by atoms with van der Waals surface area (Å²) in [5, 5.41) is 5.90. The molecule has 2 aliphatic heterocycles. The van der Waals surface area contributed by atoms with Crippen LogP contribution in [0, 0.1) is 0 Å². The lowest BCUT2D eigenvalue weighted by atomic mass is 10.0. The molecule has 1 saturated heterocycles. The van der Waals surface area contributed by atoms with E-state index in [0.717, 1.165) is 11.3 Å². The maximum Gasteiger partial charge on any atom is 0.301 e. The number of carbonyl (C=O) groups is 1. The molecule has 0 aliphatic carbocycles. The number of aryl methyl sites for hydroxylation is 1. The summed E-state index contributed by atoms with van der Waals surface area (Å²) in [4.78, 5) is 11.3. The number of amides is 1. The van der Waals surface area contributed by atoms with Crippen LogP contribution in [0.25, 0.3) is 0 Å². The van der Waals surface area contributed by atoms with E-state index in [-0.39, 0.29) is 5.91 Å². The molecular weight excluding hydrogens is 292 g/mol. The quantitative estimate of drug-likeness (QED) is 0.740. The molecule has 3 N–H and O–H groups in total. The van der Waals surface area contributed by atoms with Crippen molar-refractivity contribution in [2.45, 2.75) is 12.8 Å². The number of hydrogen-bond donors (Lipinski definition) is 3. The van der Waals surface area contributed by atoms with Crippen molar-refractivity contribution in [1.29, 1.82) is 0 Å². The third-order valence-electron chi connectivity index (χ3n) is 3.66. The smallest absolute Gasteiger partial charge is 0.301 e. The molecule has 0 atom stereocenters. The Bertz CT molecular complexity index is 653. The van der Waals surface area contributed by atoms with E-state index in [9.17, 15) is 13.2 Å². The van der Waals surface area contributed by atoms with Crippen LogP contribution in [0.4, 0.5) is 11.4 Å². The summed E-state index contributed by atoms with van der Waals surface area (Å²) >= 11 is 0. The highest BCUT2D eigenvalue weighted by Gasteiger charge is 2.24. The topological polar surface area (TPSA) is 90.5 Å². The maximum absolute atomic E-state index is 12.3. The molecule has 8 heteroatoms. The molecule has 21 heavy (non-hydrogen) atoms. The number of benzene rings is 1. The van der Waals surface area contributed by atoms with E-state index in [1.165, 1.54) is 4.31 Å². The Hall–Kier alpha value is -1.64. The molecule has 0 spiro atoms. The predicted octanol–water partition coefficient (Wildman–Crippen LogP) is 0.133. The fourth-order valence-electron chi connectivity index (χ4n) is 2.55. The van der Waals surface area contributed by atoms with Gasteiger partial charge in [-0.15, -0.1) is 0 Å². The number of carbonyl (C=O) groups excluding carboxylic acids is 1. The summed E-state index contributed by atoms with van der Waals surface area (Å²) in [6.07, 6.45) is 1.06. The zero-order chi connectivity index (χ0) is 14.9. The summed E-state index contributed by atoms with van der Waals surface area (Å²) in [5.74, 6) is -0.00310. The minimum atomic E-state index is -3.52. The Labute approximate surface area is 123 Å². The highest BCUT2D eigenvalue weighted by Crippen LogP contribution is 2.26. The predicted molar refractivity (Wildman–Crippen MR) is 80.4 cm³/mol. The molecule has 2 aliphatic rings. The van der Waals surface area contributed by atoms with Crippen molar-refractivity contribution in [3.05, 3.63) is 23.8 Å². The first-order valence-electron chi connectivity index (χ1n) is 6.96. The summed E-state index contributed by atoms with van der Waals surface area (Å²) in [6, 6.07) is 5.20. The van der Waals surface area contributed by atoms with Crippen LogP contribution in [0.2, 0.25) is 0 Å². The maximum atomic E-state index is 12.3. The second kappa shape index (κ2) is 5.63.